The predicted molar refractivity (Wildman–Crippen MR) is 104 cm³/mol. The van der Waals surface area contributed by atoms with Crippen LogP contribution < -0.4 is 15.2 Å². The number of nitrogens with two attached hydrogens (primary N) is 1. The summed E-state index contributed by atoms with van der Waals surface area (Å²) in [4.78, 5) is 12.4. The number of primary sulfonamides is 1. The Hall–Kier alpha value is -3.51. The van der Waals surface area contributed by atoms with Gasteiger partial charge in [0.15, 0.2) is 11.6 Å². The third kappa shape index (κ3) is 5.39. The summed E-state index contributed by atoms with van der Waals surface area (Å²) in [7, 11) is -4.11. The van der Waals surface area contributed by atoms with Crippen LogP contribution >= 0.6 is 0 Å². The Balaban J connectivity index is 2.01. The number of nitrogens with one attached hydrogen (secondary N) is 1. The fourth-order valence-electron chi connectivity index (χ4n) is 2.60. The van der Waals surface area contributed by atoms with E-state index in [9.17, 15) is 35.2 Å². The van der Waals surface area contributed by atoms with Crippen molar-refractivity contribution in [1.82, 2.24) is 0 Å². The minimum Gasteiger partial charge on any atom is -0.453 e. The van der Waals surface area contributed by atoms with E-state index in [-0.39, 0.29) is 10.6 Å². The summed E-state index contributed by atoms with van der Waals surface area (Å²) in [5.41, 5.74) is -1.91. The molecule has 0 aromatic heterocycles. The number of ether oxygens (including phenoxy) is 1. The van der Waals surface area contributed by atoms with Crippen molar-refractivity contribution in [1.29, 1.82) is 0 Å². The van der Waals surface area contributed by atoms with Crippen molar-refractivity contribution in [3.8, 4) is 11.5 Å². The van der Waals surface area contributed by atoms with E-state index in [1.165, 1.54) is 12.1 Å². The molecule has 3 aromatic carbocycles. The highest BCUT2D eigenvalue weighted by molar-refractivity contribution is 7.89. The Bertz CT molecular complexity index is 1290. The van der Waals surface area contributed by atoms with Gasteiger partial charge in [-0.15, -0.1) is 0 Å². The van der Waals surface area contributed by atoms with Gasteiger partial charge >= 0.3 is 6.18 Å². The molecular weight excluding hydrogens is 459 g/mol. The summed E-state index contributed by atoms with van der Waals surface area (Å²) < 4.78 is 94.6. The molecule has 1 amide bonds. The molecule has 0 saturated carbocycles. The van der Waals surface area contributed by atoms with Crippen LogP contribution in [-0.2, 0) is 16.2 Å². The Morgan fingerprint density at radius 3 is 2.25 bits per heavy atom. The molecule has 12 heteroatoms. The van der Waals surface area contributed by atoms with Crippen molar-refractivity contribution in [2.75, 3.05) is 5.32 Å². The molecular formula is C20H13F5N2O4S. The van der Waals surface area contributed by atoms with Crippen LogP contribution in [0.15, 0.2) is 65.6 Å². The average molecular weight is 472 g/mol. The maximum atomic E-state index is 13.9. The smallest absolute Gasteiger partial charge is 0.416 e. The molecule has 168 valence electrons. The van der Waals surface area contributed by atoms with Gasteiger partial charge in [0.1, 0.15) is 11.6 Å². The Kier molecular flexibility index (Phi) is 6.19. The summed E-state index contributed by atoms with van der Waals surface area (Å²) in [6.07, 6.45) is -4.80. The predicted octanol–water partition coefficient (Wildman–Crippen LogP) is 4.68. The second-order valence-corrected chi connectivity index (χ2v) is 7.97. The van der Waals surface area contributed by atoms with E-state index in [4.69, 9.17) is 9.88 Å². The van der Waals surface area contributed by atoms with Gasteiger partial charge in [-0.05, 0) is 48.5 Å². The van der Waals surface area contributed by atoms with E-state index < -0.39 is 56.4 Å². The molecule has 3 rings (SSSR count). The SMILES string of the molecule is NS(=O)(=O)c1cccc(NC(=O)c2cc(C(F)(F)F)ccc2Oc2ccc(F)cc2F)c1. The maximum Gasteiger partial charge on any atom is 0.416 e. The first kappa shape index (κ1) is 23.2. The first-order chi connectivity index (χ1) is 14.8. The van der Waals surface area contributed by atoms with E-state index in [0.717, 1.165) is 30.3 Å². The average Bonchev–Trinajstić information content (AvgIpc) is 2.69. The number of benzene rings is 3. The third-order valence-corrected chi connectivity index (χ3v) is 5.00. The number of hydrogen-bond acceptors (Lipinski definition) is 4. The van der Waals surface area contributed by atoms with Crippen molar-refractivity contribution in [2.24, 2.45) is 5.14 Å². The minimum absolute atomic E-state index is 0.0853. The van der Waals surface area contributed by atoms with Gasteiger partial charge in [-0.1, -0.05) is 6.07 Å². The second-order valence-electron chi connectivity index (χ2n) is 6.41. The Morgan fingerprint density at radius 1 is 0.938 bits per heavy atom. The lowest BCUT2D eigenvalue weighted by molar-refractivity contribution is -0.137. The van der Waals surface area contributed by atoms with Gasteiger partial charge in [-0.2, -0.15) is 13.2 Å². The summed E-state index contributed by atoms with van der Waals surface area (Å²) in [5, 5.41) is 7.26. The molecule has 3 N–H and O–H groups in total. The highest BCUT2D eigenvalue weighted by Crippen LogP contribution is 2.35. The molecule has 0 heterocycles. The van der Waals surface area contributed by atoms with E-state index in [2.05, 4.69) is 5.32 Å². The van der Waals surface area contributed by atoms with Crippen LogP contribution in [0.4, 0.5) is 27.6 Å². The first-order valence-electron chi connectivity index (χ1n) is 8.63. The molecule has 6 nitrogen and oxygen atoms in total. The standard InChI is InChI=1S/C20H13F5N2O4S/c21-12-5-7-18(16(22)9-12)31-17-6-4-11(20(23,24)25)8-15(17)19(28)27-13-2-1-3-14(10-13)32(26,29)30/h1-10H,(H,27,28)(H2,26,29,30). The molecule has 3 aromatic rings. The normalized spacial score (nSPS) is 11.8. The second kappa shape index (κ2) is 8.55. The zero-order valence-electron chi connectivity index (χ0n) is 15.8. The fourth-order valence-corrected chi connectivity index (χ4v) is 3.16. The van der Waals surface area contributed by atoms with E-state index in [1.54, 1.807) is 0 Å². The van der Waals surface area contributed by atoms with Crippen molar-refractivity contribution in [2.45, 2.75) is 11.1 Å². The lowest BCUT2D eigenvalue weighted by Crippen LogP contribution is -2.16. The molecule has 0 aliphatic carbocycles. The number of carbonyl (C=O) groups is 1. The number of halogens is 5. The van der Waals surface area contributed by atoms with Crippen molar-refractivity contribution in [3.63, 3.8) is 0 Å². The van der Waals surface area contributed by atoms with Gasteiger partial charge in [-0.3, -0.25) is 4.79 Å². The molecule has 32 heavy (non-hydrogen) atoms. The number of anilines is 1. The monoisotopic (exact) mass is 472 g/mol. The number of rotatable bonds is 5. The number of amides is 1. The van der Waals surface area contributed by atoms with E-state index in [1.807, 2.05) is 0 Å². The first-order valence-corrected chi connectivity index (χ1v) is 10.2. The van der Waals surface area contributed by atoms with Crippen LogP contribution in [0.2, 0.25) is 0 Å². The van der Waals surface area contributed by atoms with Crippen LogP contribution in [0.1, 0.15) is 15.9 Å². The van der Waals surface area contributed by atoms with Crippen molar-refractivity contribution < 1.29 is 39.9 Å². The van der Waals surface area contributed by atoms with Gasteiger partial charge in [0.25, 0.3) is 5.91 Å². The van der Waals surface area contributed by atoms with Crippen LogP contribution in [0.3, 0.4) is 0 Å². The van der Waals surface area contributed by atoms with Gasteiger partial charge in [0.2, 0.25) is 10.0 Å². The van der Waals surface area contributed by atoms with Crippen molar-refractivity contribution >= 4 is 21.6 Å². The number of sulfonamides is 1. The topological polar surface area (TPSA) is 98.5 Å². The highest BCUT2D eigenvalue weighted by atomic mass is 32.2. The van der Waals surface area contributed by atoms with Crippen LogP contribution in [0.5, 0.6) is 11.5 Å². The summed E-state index contributed by atoms with van der Waals surface area (Å²) >= 11 is 0. The van der Waals surface area contributed by atoms with Gasteiger partial charge in [0.05, 0.1) is 16.0 Å². The minimum atomic E-state index is -4.80. The highest BCUT2D eigenvalue weighted by Gasteiger charge is 2.32. The van der Waals surface area contributed by atoms with Crippen LogP contribution in [0.25, 0.3) is 0 Å². The summed E-state index contributed by atoms with van der Waals surface area (Å²) in [6, 6.07) is 8.86. The molecule has 0 aliphatic heterocycles. The van der Waals surface area contributed by atoms with E-state index >= 15 is 0 Å². The Labute approximate surface area is 178 Å². The van der Waals surface area contributed by atoms with Crippen molar-refractivity contribution in [3.05, 3.63) is 83.4 Å². The largest absolute Gasteiger partial charge is 0.453 e. The molecule has 0 spiro atoms. The zero-order valence-corrected chi connectivity index (χ0v) is 16.6. The lowest BCUT2D eigenvalue weighted by atomic mass is 10.1. The van der Waals surface area contributed by atoms with Gasteiger partial charge in [0, 0.05) is 11.8 Å². The Morgan fingerprint density at radius 2 is 1.62 bits per heavy atom. The molecule has 0 fully saturated rings. The molecule has 0 saturated heterocycles. The number of alkyl halides is 3. The summed E-state index contributed by atoms with van der Waals surface area (Å²) in [5.74, 6) is -4.15. The maximum absolute atomic E-state index is 13.9. The number of hydrogen-bond donors (Lipinski definition) is 2. The van der Waals surface area contributed by atoms with Gasteiger partial charge in [-0.25, -0.2) is 22.3 Å². The lowest BCUT2D eigenvalue weighted by Gasteiger charge is -2.15. The van der Waals surface area contributed by atoms with Crippen LogP contribution in [0, 0.1) is 11.6 Å². The van der Waals surface area contributed by atoms with E-state index in [0.29, 0.717) is 18.2 Å². The quantitative estimate of drug-likeness (QED) is 0.527. The zero-order chi connectivity index (χ0) is 23.7. The fraction of sp³-hybridized carbons (Fsp3) is 0.0500. The molecule has 0 bridgehead atoms. The third-order valence-electron chi connectivity index (χ3n) is 4.09. The molecule has 0 radical (unpaired) electrons. The summed E-state index contributed by atoms with van der Waals surface area (Å²) in [6.45, 7) is 0. The number of carbonyl (C=O) groups excluding carboxylic acids is 1. The van der Waals surface area contributed by atoms with Crippen LogP contribution in [-0.4, -0.2) is 14.3 Å². The molecule has 0 aliphatic rings. The molecule has 0 unspecified atom stereocenters. The molecule has 0 atom stereocenters. The van der Waals surface area contributed by atoms with Gasteiger partial charge < -0.3 is 10.1 Å².